The number of carboxylic acid groups (broad SMARTS) is 1. The van der Waals surface area contributed by atoms with Crippen molar-refractivity contribution in [1.82, 2.24) is 5.32 Å². The van der Waals surface area contributed by atoms with Gasteiger partial charge in [0.25, 0.3) is 0 Å². The number of fused-ring (bicyclic) bond motifs is 1. The first-order valence-corrected chi connectivity index (χ1v) is 5.24. The lowest BCUT2D eigenvalue weighted by Gasteiger charge is -2.13. The summed E-state index contributed by atoms with van der Waals surface area (Å²) in [5.41, 5.74) is 0.802. The van der Waals surface area contributed by atoms with Gasteiger partial charge in [-0.1, -0.05) is 0 Å². The van der Waals surface area contributed by atoms with Crippen LogP contribution in [0.5, 0.6) is 11.5 Å². The van der Waals surface area contributed by atoms with Gasteiger partial charge in [-0.25, -0.2) is 0 Å². The minimum atomic E-state index is -0.888. The van der Waals surface area contributed by atoms with Gasteiger partial charge < -0.3 is 25.2 Å². The van der Waals surface area contributed by atoms with E-state index >= 15 is 0 Å². The molecule has 0 bridgehead atoms. The predicted molar refractivity (Wildman–Crippen MR) is 61.5 cm³/mol. The third kappa shape index (κ3) is 2.59. The average molecular weight is 238 g/mol. The SMILES string of the molecule is CNC(CNc1ccc2c(c1)OCO2)C(=O)O. The van der Waals surface area contributed by atoms with E-state index < -0.39 is 12.0 Å². The Kier molecular flexibility index (Phi) is 3.34. The fraction of sp³-hybridized carbons (Fsp3) is 0.364. The summed E-state index contributed by atoms with van der Waals surface area (Å²) < 4.78 is 10.4. The molecule has 17 heavy (non-hydrogen) atoms. The molecule has 0 saturated carbocycles. The van der Waals surface area contributed by atoms with E-state index in [1.807, 2.05) is 6.07 Å². The third-order valence-electron chi connectivity index (χ3n) is 2.53. The number of rotatable bonds is 5. The summed E-state index contributed by atoms with van der Waals surface area (Å²) in [6.07, 6.45) is 0. The second-order valence-electron chi connectivity index (χ2n) is 3.63. The summed E-state index contributed by atoms with van der Waals surface area (Å²) in [7, 11) is 1.61. The van der Waals surface area contributed by atoms with E-state index in [4.69, 9.17) is 14.6 Å². The highest BCUT2D eigenvalue weighted by molar-refractivity contribution is 5.74. The lowest BCUT2D eigenvalue weighted by molar-refractivity contribution is -0.138. The molecule has 0 amide bonds. The normalized spacial score (nSPS) is 14.4. The Morgan fingerprint density at radius 1 is 1.47 bits per heavy atom. The highest BCUT2D eigenvalue weighted by atomic mass is 16.7. The van der Waals surface area contributed by atoms with Gasteiger partial charge in [0.15, 0.2) is 11.5 Å². The zero-order valence-electron chi connectivity index (χ0n) is 9.40. The quantitative estimate of drug-likeness (QED) is 0.693. The Morgan fingerprint density at radius 3 is 2.94 bits per heavy atom. The van der Waals surface area contributed by atoms with Gasteiger partial charge in [-0.3, -0.25) is 4.79 Å². The van der Waals surface area contributed by atoms with E-state index in [-0.39, 0.29) is 6.79 Å². The maximum atomic E-state index is 10.8. The van der Waals surface area contributed by atoms with Crippen molar-refractivity contribution >= 4 is 11.7 Å². The lowest BCUT2D eigenvalue weighted by atomic mass is 10.2. The van der Waals surface area contributed by atoms with Gasteiger partial charge in [0.2, 0.25) is 6.79 Å². The molecule has 1 atom stereocenters. The standard InChI is InChI=1S/C11H14N2O4/c1-12-8(11(14)15)5-13-7-2-3-9-10(4-7)17-6-16-9/h2-4,8,12-13H,5-6H2,1H3,(H,14,15). The fourth-order valence-corrected chi connectivity index (χ4v) is 1.54. The third-order valence-corrected chi connectivity index (χ3v) is 2.53. The monoisotopic (exact) mass is 238 g/mol. The molecule has 1 aromatic rings. The molecule has 0 radical (unpaired) electrons. The van der Waals surface area contributed by atoms with Gasteiger partial charge in [0.05, 0.1) is 0 Å². The minimum absolute atomic E-state index is 0.229. The first-order chi connectivity index (χ1) is 8.20. The summed E-state index contributed by atoms with van der Waals surface area (Å²) in [4.78, 5) is 10.8. The average Bonchev–Trinajstić information content (AvgIpc) is 2.76. The van der Waals surface area contributed by atoms with Crippen LogP contribution in [0.15, 0.2) is 18.2 Å². The van der Waals surface area contributed by atoms with Crippen molar-refractivity contribution in [3.8, 4) is 11.5 Å². The molecular weight excluding hydrogens is 224 g/mol. The molecule has 1 aliphatic heterocycles. The molecule has 0 saturated heterocycles. The first kappa shape index (κ1) is 11.5. The largest absolute Gasteiger partial charge is 0.480 e. The molecule has 2 rings (SSSR count). The van der Waals surface area contributed by atoms with Crippen LogP contribution in [-0.4, -0.2) is 37.5 Å². The Hall–Kier alpha value is -1.95. The van der Waals surface area contributed by atoms with Gasteiger partial charge in [0.1, 0.15) is 6.04 Å². The van der Waals surface area contributed by atoms with Crippen molar-refractivity contribution < 1.29 is 19.4 Å². The number of benzene rings is 1. The van der Waals surface area contributed by atoms with Crippen LogP contribution >= 0.6 is 0 Å². The Balaban J connectivity index is 1.97. The first-order valence-electron chi connectivity index (χ1n) is 5.24. The van der Waals surface area contributed by atoms with Gasteiger partial charge in [-0.15, -0.1) is 0 Å². The molecule has 3 N–H and O–H groups in total. The van der Waals surface area contributed by atoms with Crippen LogP contribution in [0.2, 0.25) is 0 Å². The molecule has 1 heterocycles. The smallest absolute Gasteiger partial charge is 0.322 e. The number of carbonyl (C=O) groups is 1. The summed E-state index contributed by atoms with van der Waals surface area (Å²) in [6, 6.07) is 4.78. The summed E-state index contributed by atoms with van der Waals surface area (Å²) in [5.74, 6) is 0.492. The van der Waals surface area contributed by atoms with E-state index in [1.165, 1.54) is 0 Å². The second kappa shape index (κ2) is 4.92. The van der Waals surface area contributed by atoms with Crippen LogP contribution in [0.3, 0.4) is 0 Å². The van der Waals surface area contributed by atoms with Crippen molar-refractivity contribution in [2.75, 3.05) is 25.7 Å². The highest BCUT2D eigenvalue weighted by Gasteiger charge is 2.16. The van der Waals surface area contributed by atoms with Gasteiger partial charge in [-0.05, 0) is 19.2 Å². The van der Waals surface area contributed by atoms with Crippen LogP contribution in [0.4, 0.5) is 5.69 Å². The number of nitrogens with one attached hydrogen (secondary N) is 2. The Morgan fingerprint density at radius 2 is 2.24 bits per heavy atom. The summed E-state index contributed by atoms with van der Waals surface area (Å²) in [6.45, 7) is 0.526. The number of aliphatic carboxylic acids is 1. The van der Waals surface area contributed by atoms with E-state index in [1.54, 1.807) is 19.2 Å². The minimum Gasteiger partial charge on any atom is -0.480 e. The maximum Gasteiger partial charge on any atom is 0.322 e. The van der Waals surface area contributed by atoms with Gasteiger partial charge in [-0.2, -0.15) is 0 Å². The molecule has 1 aromatic carbocycles. The number of hydrogen-bond acceptors (Lipinski definition) is 5. The van der Waals surface area contributed by atoms with Crippen LogP contribution in [0.25, 0.3) is 0 Å². The van der Waals surface area contributed by atoms with Gasteiger partial charge in [0, 0.05) is 18.3 Å². The van der Waals surface area contributed by atoms with Crippen LogP contribution in [0, 0.1) is 0 Å². The zero-order chi connectivity index (χ0) is 12.3. The molecule has 92 valence electrons. The van der Waals surface area contributed by atoms with Crippen molar-refractivity contribution in [2.45, 2.75) is 6.04 Å². The topological polar surface area (TPSA) is 79.8 Å². The zero-order valence-corrected chi connectivity index (χ0v) is 9.40. The maximum absolute atomic E-state index is 10.8. The molecule has 0 aliphatic carbocycles. The molecule has 6 nitrogen and oxygen atoms in total. The van der Waals surface area contributed by atoms with Crippen LogP contribution in [0.1, 0.15) is 0 Å². The second-order valence-corrected chi connectivity index (χ2v) is 3.63. The van der Waals surface area contributed by atoms with E-state index in [0.717, 1.165) is 5.69 Å². The highest BCUT2D eigenvalue weighted by Crippen LogP contribution is 2.34. The van der Waals surface area contributed by atoms with E-state index in [2.05, 4.69) is 10.6 Å². The summed E-state index contributed by atoms with van der Waals surface area (Å²) in [5, 5.41) is 14.6. The molecule has 1 aliphatic rings. The van der Waals surface area contributed by atoms with E-state index in [0.29, 0.717) is 18.0 Å². The van der Waals surface area contributed by atoms with Gasteiger partial charge >= 0.3 is 5.97 Å². The van der Waals surface area contributed by atoms with Crippen LogP contribution in [-0.2, 0) is 4.79 Å². The van der Waals surface area contributed by atoms with Crippen molar-refractivity contribution in [2.24, 2.45) is 0 Å². The number of likely N-dealkylation sites (N-methyl/N-ethyl adjacent to an activating group) is 1. The number of ether oxygens (including phenoxy) is 2. The molecule has 0 fully saturated rings. The van der Waals surface area contributed by atoms with Crippen molar-refractivity contribution in [3.63, 3.8) is 0 Å². The van der Waals surface area contributed by atoms with Crippen molar-refractivity contribution in [3.05, 3.63) is 18.2 Å². The summed E-state index contributed by atoms with van der Waals surface area (Å²) >= 11 is 0. The Bertz CT molecular complexity index is 422. The Labute approximate surface area is 98.5 Å². The molecule has 0 spiro atoms. The van der Waals surface area contributed by atoms with Crippen molar-refractivity contribution in [1.29, 1.82) is 0 Å². The molecule has 1 unspecified atom stereocenters. The molecular formula is C11H14N2O4. The molecule has 0 aromatic heterocycles. The number of carboxylic acids is 1. The lowest BCUT2D eigenvalue weighted by Crippen LogP contribution is -2.39. The van der Waals surface area contributed by atoms with E-state index in [9.17, 15) is 4.79 Å². The molecule has 6 heteroatoms. The van der Waals surface area contributed by atoms with Crippen LogP contribution < -0.4 is 20.1 Å². The predicted octanol–water partition coefficient (Wildman–Crippen LogP) is 0.500. The fourth-order valence-electron chi connectivity index (χ4n) is 1.54. The number of anilines is 1. The number of hydrogen-bond donors (Lipinski definition) is 3.